The van der Waals surface area contributed by atoms with Crippen LogP contribution < -0.4 is 14.9 Å². The van der Waals surface area contributed by atoms with Gasteiger partial charge >= 0.3 is 5.97 Å². The zero-order valence-electron chi connectivity index (χ0n) is 23.2. The first-order valence-corrected chi connectivity index (χ1v) is 14.7. The van der Waals surface area contributed by atoms with E-state index in [1.54, 1.807) is 49.6 Å². The molecule has 0 radical (unpaired) electrons. The van der Waals surface area contributed by atoms with E-state index in [1.165, 1.54) is 23.5 Å². The van der Waals surface area contributed by atoms with E-state index in [0.717, 1.165) is 27.6 Å². The molecule has 9 heteroatoms. The van der Waals surface area contributed by atoms with Crippen molar-refractivity contribution in [3.63, 3.8) is 0 Å². The van der Waals surface area contributed by atoms with Crippen molar-refractivity contribution in [2.75, 3.05) is 0 Å². The number of halogens is 2. The van der Waals surface area contributed by atoms with Gasteiger partial charge in [-0.25, -0.2) is 14.2 Å². The molecule has 0 fully saturated rings. The van der Waals surface area contributed by atoms with Crippen LogP contribution in [0.15, 0.2) is 100 Å². The second-order valence-electron chi connectivity index (χ2n) is 10.4. The fourth-order valence-electron chi connectivity index (χ4n) is 5.27. The number of para-hydroxylation sites is 1. The monoisotopic (exact) mass is 599 g/mol. The number of benzene rings is 3. The summed E-state index contributed by atoms with van der Waals surface area (Å²) in [7, 11) is 0. The summed E-state index contributed by atoms with van der Waals surface area (Å²) in [5.74, 6) is -0.788. The van der Waals surface area contributed by atoms with Gasteiger partial charge in [0.25, 0.3) is 5.56 Å². The number of hydrogen-bond acceptors (Lipinski definition) is 5. The third kappa shape index (κ3) is 5.24. The molecule has 6 rings (SSSR count). The molecule has 0 saturated carbocycles. The average Bonchev–Trinajstić information content (AvgIpc) is 3.45. The van der Waals surface area contributed by atoms with Crippen LogP contribution in [0.4, 0.5) is 4.39 Å². The van der Waals surface area contributed by atoms with E-state index in [9.17, 15) is 14.0 Å². The molecule has 3 heterocycles. The maximum Gasteiger partial charge on any atom is 0.338 e. The number of allylic oxidation sites excluding steroid dienone is 1. The Morgan fingerprint density at radius 3 is 2.52 bits per heavy atom. The Morgan fingerprint density at radius 1 is 1.10 bits per heavy atom. The molecule has 42 heavy (non-hydrogen) atoms. The van der Waals surface area contributed by atoms with Crippen LogP contribution in [0.3, 0.4) is 0 Å². The molecule has 5 aromatic rings. The highest BCUT2D eigenvalue weighted by Gasteiger charge is 2.33. The second kappa shape index (κ2) is 11.2. The third-order valence-electron chi connectivity index (χ3n) is 7.14. The first-order valence-electron chi connectivity index (χ1n) is 13.5. The van der Waals surface area contributed by atoms with E-state index in [-0.39, 0.29) is 17.5 Å². The van der Waals surface area contributed by atoms with Crippen LogP contribution in [0, 0.1) is 5.82 Å². The summed E-state index contributed by atoms with van der Waals surface area (Å²) >= 11 is 7.45. The van der Waals surface area contributed by atoms with Gasteiger partial charge in [0.2, 0.25) is 0 Å². The second-order valence-corrected chi connectivity index (χ2v) is 11.9. The summed E-state index contributed by atoms with van der Waals surface area (Å²) in [6.45, 7) is 5.88. The standard InChI is InChI=1S/C33H27ClFN3O3S/c1-19(2)41-32(40)29-20(3)36-33-38(30(29)22-10-12-24(34)13-11-22)31(39)28(42-33)16-23-18-37(27-7-5-4-6-26(23)27)17-21-8-14-25(35)15-9-21/h4-16,18-19,30H,17H2,1-3H3/b28-16-/t30-/m1/s1. The van der Waals surface area contributed by atoms with Gasteiger partial charge in [-0.15, -0.1) is 0 Å². The Balaban J connectivity index is 1.50. The predicted octanol–water partition coefficient (Wildman–Crippen LogP) is 5.98. The number of nitrogens with zero attached hydrogens (tertiary/aromatic N) is 3. The quantitative estimate of drug-likeness (QED) is 0.226. The van der Waals surface area contributed by atoms with Crippen LogP contribution >= 0.6 is 22.9 Å². The Morgan fingerprint density at radius 2 is 1.81 bits per heavy atom. The molecule has 3 aromatic carbocycles. The van der Waals surface area contributed by atoms with Crippen molar-refractivity contribution in [2.24, 2.45) is 4.99 Å². The van der Waals surface area contributed by atoms with Crippen LogP contribution in [-0.4, -0.2) is 21.2 Å². The third-order valence-corrected chi connectivity index (χ3v) is 8.38. The highest BCUT2D eigenvalue weighted by atomic mass is 35.5. The zero-order chi connectivity index (χ0) is 29.5. The lowest BCUT2D eigenvalue weighted by Crippen LogP contribution is -2.40. The number of carbonyl (C=O) groups excluding carboxylic acids is 1. The summed E-state index contributed by atoms with van der Waals surface area (Å²) in [6.07, 6.45) is 3.54. The largest absolute Gasteiger partial charge is 0.459 e. The number of ether oxygens (including phenoxy) is 1. The van der Waals surface area contributed by atoms with Crippen LogP contribution in [0.2, 0.25) is 5.02 Å². The van der Waals surface area contributed by atoms with E-state index in [1.807, 2.05) is 48.7 Å². The van der Waals surface area contributed by atoms with Gasteiger partial charge in [-0.05, 0) is 68.3 Å². The number of esters is 1. The summed E-state index contributed by atoms with van der Waals surface area (Å²) in [4.78, 5) is 32.5. The van der Waals surface area contributed by atoms with Gasteiger partial charge in [0, 0.05) is 34.2 Å². The number of hydrogen-bond donors (Lipinski definition) is 0. The van der Waals surface area contributed by atoms with Crippen LogP contribution in [0.1, 0.15) is 43.5 Å². The lowest BCUT2D eigenvalue weighted by Gasteiger charge is -2.25. The molecule has 1 atom stereocenters. The molecule has 0 N–H and O–H groups in total. The molecule has 0 amide bonds. The van der Waals surface area contributed by atoms with Crippen LogP contribution in [-0.2, 0) is 16.1 Å². The van der Waals surface area contributed by atoms with E-state index in [2.05, 4.69) is 9.56 Å². The van der Waals surface area contributed by atoms with Gasteiger partial charge in [0.05, 0.1) is 27.9 Å². The SMILES string of the molecule is CC1=C(C(=O)OC(C)C)[C@@H](c2ccc(Cl)cc2)n2c(s/c(=C\c3cn(Cc4ccc(F)cc4)c4ccccc34)c2=O)=N1. The number of thiazole rings is 1. The topological polar surface area (TPSA) is 65.6 Å². The number of fused-ring (bicyclic) bond motifs is 2. The van der Waals surface area contributed by atoms with E-state index in [4.69, 9.17) is 16.3 Å². The summed E-state index contributed by atoms with van der Waals surface area (Å²) in [5.41, 5.74) is 4.13. The molecule has 0 unspecified atom stereocenters. The number of carbonyl (C=O) groups is 1. The maximum absolute atomic E-state index is 14.1. The average molecular weight is 600 g/mol. The lowest BCUT2D eigenvalue weighted by atomic mass is 9.96. The fraction of sp³-hybridized carbons (Fsp3) is 0.182. The Bertz CT molecular complexity index is 2040. The predicted molar refractivity (Wildman–Crippen MR) is 164 cm³/mol. The molecule has 0 aliphatic carbocycles. The molecule has 0 spiro atoms. The van der Waals surface area contributed by atoms with Crippen molar-refractivity contribution in [1.29, 1.82) is 0 Å². The minimum atomic E-state index is -0.716. The van der Waals surface area contributed by atoms with Gasteiger partial charge in [-0.2, -0.15) is 0 Å². The van der Waals surface area contributed by atoms with Gasteiger partial charge in [0.15, 0.2) is 4.80 Å². The maximum atomic E-state index is 14.1. The minimum absolute atomic E-state index is 0.253. The first kappa shape index (κ1) is 27.9. The molecule has 212 valence electrons. The summed E-state index contributed by atoms with van der Waals surface area (Å²) < 4.78 is 23.2. The molecule has 6 nitrogen and oxygen atoms in total. The highest BCUT2D eigenvalue weighted by molar-refractivity contribution is 7.07. The molecule has 2 aromatic heterocycles. The zero-order valence-corrected chi connectivity index (χ0v) is 24.7. The van der Waals surface area contributed by atoms with Crippen LogP contribution in [0.5, 0.6) is 0 Å². The van der Waals surface area contributed by atoms with Crippen LogP contribution in [0.25, 0.3) is 17.0 Å². The van der Waals surface area contributed by atoms with E-state index < -0.39 is 12.0 Å². The van der Waals surface area contributed by atoms with E-state index in [0.29, 0.717) is 32.2 Å². The normalized spacial score (nSPS) is 15.3. The van der Waals surface area contributed by atoms with Crippen molar-refractivity contribution in [1.82, 2.24) is 9.13 Å². The fourth-order valence-corrected chi connectivity index (χ4v) is 6.43. The number of rotatable bonds is 6. The smallest absolute Gasteiger partial charge is 0.338 e. The van der Waals surface area contributed by atoms with Crippen molar-refractivity contribution in [2.45, 2.75) is 39.5 Å². The van der Waals surface area contributed by atoms with Crippen molar-refractivity contribution < 1.29 is 13.9 Å². The lowest BCUT2D eigenvalue weighted by molar-refractivity contribution is -0.143. The Hall–Kier alpha value is -4.27. The first-order chi connectivity index (χ1) is 20.2. The highest BCUT2D eigenvalue weighted by Crippen LogP contribution is 2.32. The van der Waals surface area contributed by atoms with E-state index >= 15 is 0 Å². The number of aromatic nitrogens is 2. The van der Waals surface area contributed by atoms with Crippen molar-refractivity contribution in [3.05, 3.63) is 137 Å². The van der Waals surface area contributed by atoms with Gasteiger partial charge in [0.1, 0.15) is 5.82 Å². The molecular weight excluding hydrogens is 573 g/mol. The molecule has 1 aliphatic heterocycles. The Kier molecular flexibility index (Phi) is 7.43. The molecule has 0 bridgehead atoms. The van der Waals surface area contributed by atoms with Gasteiger partial charge in [-0.3, -0.25) is 9.36 Å². The van der Waals surface area contributed by atoms with Crippen molar-refractivity contribution >= 4 is 45.9 Å². The molecular formula is C33H27ClFN3O3S. The Labute approximate surface area is 250 Å². The van der Waals surface area contributed by atoms with Gasteiger partial charge < -0.3 is 9.30 Å². The summed E-state index contributed by atoms with van der Waals surface area (Å²) in [5, 5.41) is 1.53. The van der Waals surface area contributed by atoms with Crippen molar-refractivity contribution in [3.8, 4) is 0 Å². The molecule has 0 saturated heterocycles. The summed E-state index contributed by atoms with van der Waals surface area (Å²) in [6, 6.07) is 20.8. The molecule has 1 aliphatic rings. The van der Waals surface area contributed by atoms with Gasteiger partial charge in [-0.1, -0.05) is 65.4 Å². The minimum Gasteiger partial charge on any atom is -0.459 e.